The topological polar surface area (TPSA) is 93.1 Å². The van der Waals surface area contributed by atoms with Crippen LogP contribution in [0.2, 0.25) is 0 Å². The summed E-state index contributed by atoms with van der Waals surface area (Å²) in [6.45, 7) is 1.62. The van der Waals surface area contributed by atoms with Gasteiger partial charge in [0.05, 0.1) is 23.9 Å². The third kappa shape index (κ3) is 3.05. The van der Waals surface area contributed by atoms with Gasteiger partial charge in [0.1, 0.15) is 0 Å². The van der Waals surface area contributed by atoms with E-state index in [4.69, 9.17) is 5.11 Å². The maximum Gasteiger partial charge on any atom is 0.513 e. The molecule has 0 fully saturated rings. The Morgan fingerprint density at radius 1 is 1.15 bits per heavy atom. The van der Waals surface area contributed by atoms with Crippen molar-refractivity contribution in [2.24, 2.45) is 0 Å². The van der Waals surface area contributed by atoms with E-state index in [-0.39, 0.29) is 16.8 Å². The van der Waals surface area contributed by atoms with Crippen molar-refractivity contribution in [3.8, 4) is 0 Å². The molecule has 0 unspecified atom stereocenters. The molecule has 108 valence electrons. The van der Waals surface area contributed by atoms with Gasteiger partial charge in [0.25, 0.3) is 0 Å². The molecule has 0 saturated heterocycles. The predicted molar refractivity (Wildman–Crippen MR) is 70.3 cm³/mol. The van der Waals surface area contributed by atoms with Gasteiger partial charge in [-0.1, -0.05) is 6.07 Å². The number of benzene rings is 1. The van der Waals surface area contributed by atoms with Crippen molar-refractivity contribution in [2.75, 3.05) is 26.1 Å². The number of hydrogen-bond acceptors (Lipinski definition) is 6. The van der Waals surface area contributed by atoms with Gasteiger partial charge in [-0.25, -0.2) is 14.4 Å². The number of carbonyl (C=O) groups excluding carboxylic acids is 2. The van der Waals surface area contributed by atoms with Crippen molar-refractivity contribution in [3.63, 3.8) is 0 Å². The van der Waals surface area contributed by atoms with Gasteiger partial charge < -0.3 is 19.5 Å². The minimum Gasteiger partial charge on any atom is -0.465 e. The lowest BCUT2D eigenvalue weighted by Gasteiger charge is -2.20. The molecule has 0 aliphatic heterocycles. The normalized spacial score (nSPS) is 9.80. The summed E-state index contributed by atoms with van der Waals surface area (Å²) < 4.78 is 8.82. The second-order valence-corrected chi connectivity index (χ2v) is 4.20. The van der Waals surface area contributed by atoms with Crippen LogP contribution in [0.3, 0.4) is 0 Å². The predicted octanol–water partition coefficient (Wildman–Crippen LogP) is 1.68. The lowest BCUT2D eigenvalue weighted by Crippen LogP contribution is -2.22. The van der Waals surface area contributed by atoms with Gasteiger partial charge in [0, 0.05) is 14.1 Å². The first-order valence-electron chi connectivity index (χ1n) is 5.64. The quantitative estimate of drug-likeness (QED) is 0.665. The molecule has 0 aromatic heterocycles. The van der Waals surface area contributed by atoms with E-state index in [1.165, 1.54) is 24.1 Å². The molecule has 7 nitrogen and oxygen atoms in total. The summed E-state index contributed by atoms with van der Waals surface area (Å²) in [6.07, 6.45) is -1.71. The fourth-order valence-corrected chi connectivity index (χ4v) is 1.82. The monoisotopic (exact) mass is 281 g/mol. The smallest absolute Gasteiger partial charge is 0.465 e. The Bertz CT molecular complexity index is 564. The molecule has 1 rings (SSSR count). The molecule has 0 bridgehead atoms. The van der Waals surface area contributed by atoms with E-state index in [0.29, 0.717) is 5.56 Å². The van der Waals surface area contributed by atoms with Crippen molar-refractivity contribution in [1.29, 1.82) is 0 Å². The summed E-state index contributed by atoms with van der Waals surface area (Å²) in [5.74, 6) is -1.66. The van der Waals surface area contributed by atoms with Crippen LogP contribution in [-0.2, 0) is 9.47 Å². The molecule has 20 heavy (non-hydrogen) atoms. The van der Waals surface area contributed by atoms with E-state index in [1.54, 1.807) is 21.0 Å². The zero-order valence-corrected chi connectivity index (χ0v) is 11.6. The number of carbonyl (C=O) groups is 3. The second-order valence-electron chi connectivity index (χ2n) is 4.20. The van der Waals surface area contributed by atoms with Crippen LogP contribution in [0.5, 0.6) is 0 Å². The van der Waals surface area contributed by atoms with E-state index in [1.807, 2.05) is 0 Å². The van der Waals surface area contributed by atoms with Crippen LogP contribution in [0.15, 0.2) is 12.1 Å². The zero-order valence-electron chi connectivity index (χ0n) is 11.6. The lowest BCUT2D eigenvalue weighted by atomic mass is 10.0. The number of hydrogen-bond donors (Lipinski definition) is 1. The lowest BCUT2D eigenvalue weighted by molar-refractivity contribution is 0.0509. The fraction of sp³-hybridized carbons (Fsp3) is 0.308. The van der Waals surface area contributed by atoms with Crippen molar-refractivity contribution in [2.45, 2.75) is 6.92 Å². The average Bonchev–Trinajstić information content (AvgIpc) is 2.36. The van der Waals surface area contributed by atoms with Crippen LogP contribution in [0.1, 0.15) is 26.3 Å². The fourth-order valence-electron chi connectivity index (χ4n) is 1.82. The molecule has 1 aromatic rings. The largest absolute Gasteiger partial charge is 0.513 e. The van der Waals surface area contributed by atoms with Crippen molar-refractivity contribution in [3.05, 3.63) is 28.8 Å². The molecule has 0 saturated carbocycles. The highest BCUT2D eigenvalue weighted by Gasteiger charge is 2.25. The number of anilines is 1. The molecule has 7 heteroatoms. The third-order valence-corrected chi connectivity index (χ3v) is 2.62. The third-order valence-electron chi connectivity index (χ3n) is 2.62. The molecular formula is C13H15NO6. The van der Waals surface area contributed by atoms with E-state index in [2.05, 4.69) is 9.47 Å². The van der Waals surface area contributed by atoms with Gasteiger partial charge in [0.15, 0.2) is 0 Å². The number of nitrogens with zero attached hydrogens (tertiary/aromatic N) is 1. The van der Waals surface area contributed by atoms with Gasteiger partial charge in [-0.3, -0.25) is 0 Å². The maximum atomic E-state index is 11.9. The minimum absolute atomic E-state index is 0.0142. The average molecular weight is 281 g/mol. The number of rotatable bonds is 3. The Morgan fingerprint density at radius 3 is 2.20 bits per heavy atom. The molecule has 0 aliphatic rings. The second kappa shape index (κ2) is 6.05. The first-order valence-corrected chi connectivity index (χ1v) is 5.64. The zero-order chi connectivity index (χ0) is 15.4. The first-order chi connectivity index (χ1) is 9.29. The summed E-state index contributed by atoms with van der Waals surface area (Å²) in [5, 5.41) is 8.54. The minimum atomic E-state index is -1.71. The Labute approximate surface area is 115 Å². The summed E-state index contributed by atoms with van der Waals surface area (Å²) >= 11 is 0. The highest BCUT2D eigenvalue weighted by Crippen LogP contribution is 2.28. The van der Waals surface area contributed by atoms with Gasteiger partial charge in [-0.2, -0.15) is 0 Å². The summed E-state index contributed by atoms with van der Waals surface area (Å²) in [7, 11) is 4.47. The van der Waals surface area contributed by atoms with Gasteiger partial charge >= 0.3 is 18.1 Å². The Morgan fingerprint density at radius 2 is 1.75 bits per heavy atom. The SMILES string of the molecule is COC(=O)c1ccc(C)c(C(=O)OC(=O)O)c1N(C)C. The molecule has 0 atom stereocenters. The van der Waals surface area contributed by atoms with E-state index >= 15 is 0 Å². The molecule has 0 aliphatic carbocycles. The van der Waals surface area contributed by atoms with E-state index in [9.17, 15) is 14.4 Å². The highest BCUT2D eigenvalue weighted by atomic mass is 16.7. The Hall–Kier alpha value is -2.57. The van der Waals surface area contributed by atoms with Crippen LogP contribution in [-0.4, -0.2) is 44.4 Å². The highest BCUT2D eigenvalue weighted by molar-refractivity contribution is 6.07. The summed E-state index contributed by atoms with van der Waals surface area (Å²) in [5.41, 5.74) is 0.913. The number of ether oxygens (including phenoxy) is 2. The molecule has 1 N–H and O–H groups in total. The van der Waals surface area contributed by atoms with Crippen molar-refractivity contribution in [1.82, 2.24) is 0 Å². The standard InChI is InChI=1S/C13H15NO6/c1-7-5-6-8(11(15)19-4)10(14(2)3)9(7)12(16)20-13(17)18/h5-6H,1-4H3,(H,17,18). The molecule has 0 radical (unpaired) electrons. The van der Waals surface area contributed by atoms with Crippen molar-refractivity contribution < 1.29 is 29.0 Å². The van der Waals surface area contributed by atoms with E-state index in [0.717, 1.165) is 0 Å². The van der Waals surface area contributed by atoms with Gasteiger partial charge in [0.2, 0.25) is 0 Å². The van der Waals surface area contributed by atoms with Crippen LogP contribution in [0.4, 0.5) is 10.5 Å². The van der Waals surface area contributed by atoms with Gasteiger partial charge in [-0.15, -0.1) is 0 Å². The van der Waals surface area contributed by atoms with E-state index < -0.39 is 18.1 Å². The molecule has 1 aromatic carbocycles. The van der Waals surface area contributed by atoms with Gasteiger partial charge in [-0.05, 0) is 18.6 Å². The van der Waals surface area contributed by atoms with Crippen molar-refractivity contribution >= 4 is 23.8 Å². The molecule has 0 spiro atoms. The first kappa shape index (κ1) is 15.5. The number of methoxy groups -OCH3 is 1. The van der Waals surface area contributed by atoms with Crippen LogP contribution >= 0.6 is 0 Å². The number of carboxylic acid groups (broad SMARTS) is 1. The van der Waals surface area contributed by atoms with Crippen LogP contribution in [0.25, 0.3) is 0 Å². The Kier molecular flexibility index (Phi) is 4.68. The molecular weight excluding hydrogens is 266 g/mol. The molecule has 0 heterocycles. The van der Waals surface area contributed by atoms with Crippen LogP contribution in [0, 0.1) is 6.92 Å². The number of esters is 2. The summed E-state index contributed by atoms with van der Waals surface area (Å²) in [6, 6.07) is 3.03. The molecule has 0 amide bonds. The Balaban J connectivity index is 3.52. The van der Waals surface area contributed by atoms with Crippen LogP contribution < -0.4 is 4.90 Å². The summed E-state index contributed by atoms with van der Waals surface area (Å²) in [4.78, 5) is 35.6. The maximum absolute atomic E-state index is 11.9. The number of aryl methyl sites for hydroxylation is 1.